The maximum absolute atomic E-state index is 11.4. The van der Waals surface area contributed by atoms with Gasteiger partial charge in [0.15, 0.2) is 5.69 Å². The van der Waals surface area contributed by atoms with Crippen molar-refractivity contribution >= 4 is 17.3 Å². The summed E-state index contributed by atoms with van der Waals surface area (Å²) in [5.41, 5.74) is 5.41. The highest BCUT2D eigenvalue weighted by atomic mass is 32.1. The van der Waals surface area contributed by atoms with Crippen LogP contribution >= 0.6 is 11.3 Å². The van der Waals surface area contributed by atoms with Crippen molar-refractivity contribution in [2.75, 3.05) is 6.54 Å². The SMILES string of the molecule is CC(C)(C)c1ccc(CN(CCC(c2ccccc2)c2ccccc2)Cc2nc(C(=O)O)cs2)cc1. The first kappa shape index (κ1) is 25.8. The van der Waals surface area contributed by atoms with Gasteiger partial charge in [0.05, 0.1) is 6.54 Å². The maximum atomic E-state index is 11.4. The normalized spacial score (nSPS) is 11.8. The van der Waals surface area contributed by atoms with E-state index in [1.165, 1.54) is 33.6 Å². The molecular formula is C31H34N2O2S. The summed E-state index contributed by atoms with van der Waals surface area (Å²) >= 11 is 1.42. The zero-order valence-corrected chi connectivity index (χ0v) is 22.0. The van der Waals surface area contributed by atoms with Gasteiger partial charge in [0.1, 0.15) is 5.01 Å². The summed E-state index contributed by atoms with van der Waals surface area (Å²) in [4.78, 5) is 18.1. The fourth-order valence-electron chi connectivity index (χ4n) is 4.46. The second kappa shape index (κ2) is 11.6. The first-order chi connectivity index (χ1) is 17.3. The van der Waals surface area contributed by atoms with Crippen LogP contribution in [0.2, 0.25) is 0 Å². The number of carbonyl (C=O) groups is 1. The van der Waals surface area contributed by atoms with E-state index in [1.807, 2.05) is 0 Å². The van der Waals surface area contributed by atoms with Crippen LogP contribution in [0.15, 0.2) is 90.3 Å². The van der Waals surface area contributed by atoms with E-state index in [0.29, 0.717) is 6.54 Å². The van der Waals surface area contributed by atoms with Gasteiger partial charge in [-0.15, -0.1) is 11.3 Å². The first-order valence-electron chi connectivity index (χ1n) is 12.4. The van der Waals surface area contributed by atoms with Crippen molar-refractivity contribution in [1.82, 2.24) is 9.88 Å². The van der Waals surface area contributed by atoms with Gasteiger partial charge < -0.3 is 5.11 Å². The summed E-state index contributed by atoms with van der Waals surface area (Å²) in [7, 11) is 0. The quantitative estimate of drug-likeness (QED) is 0.248. The summed E-state index contributed by atoms with van der Waals surface area (Å²) in [5.74, 6) is -0.695. The third kappa shape index (κ3) is 6.90. The summed E-state index contributed by atoms with van der Waals surface area (Å²) in [6, 6.07) is 30.2. The van der Waals surface area contributed by atoms with Crippen LogP contribution in [0, 0.1) is 0 Å². The molecule has 3 aromatic carbocycles. The van der Waals surface area contributed by atoms with Crippen molar-refractivity contribution in [1.29, 1.82) is 0 Å². The molecule has 4 rings (SSSR count). The van der Waals surface area contributed by atoms with Gasteiger partial charge in [-0.2, -0.15) is 0 Å². The smallest absolute Gasteiger partial charge is 0.355 e. The van der Waals surface area contributed by atoms with E-state index >= 15 is 0 Å². The predicted octanol–water partition coefficient (Wildman–Crippen LogP) is 7.36. The Balaban J connectivity index is 1.56. The second-order valence-corrected chi connectivity index (χ2v) is 11.2. The first-order valence-corrected chi connectivity index (χ1v) is 13.3. The van der Waals surface area contributed by atoms with Crippen LogP contribution in [0.1, 0.15) is 70.9 Å². The van der Waals surface area contributed by atoms with E-state index in [-0.39, 0.29) is 17.0 Å². The molecule has 36 heavy (non-hydrogen) atoms. The van der Waals surface area contributed by atoms with Gasteiger partial charge in [0.25, 0.3) is 0 Å². The van der Waals surface area contributed by atoms with Crippen molar-refractivity contribution in [3.63, 3.8) is 0 Å². The predicted molar refractivity (Wildman–Crippen MR) is 148 cm³/mol. The van der Waals surface area contributed by atoms with Crippen molar-refractivity contribution in [2.45, 2.75) is 51.6 Å². The Morgan fingerprint density at radius 1 is 0.889 bits per heavy atom. The molecule has 5 heteroatoms. The lowest BCUT2D eigenvalue weighted by molar-refractivity contribution is 0.0691. The van der Waals surface area contributed by atoms with Crippen LogP contribution in [0.4, 0.5) is 0 Å². The fraction of sp³-hybridized carbons (Fsp3) is 0.290. The molecule has 0 spiro atoms. The summed E-state index contributed by atoms with van der Waals surface area (Å²) in [5, 5.41) is 11.8. The number of aromatic carboxylic acids is 1. The molecule has 0 aliphatic rings. The number of nitrogens with zero attached hydrogens (tertiary/aromatic N) is 2. The van der Waals surface area contributed by atoms with Gasteiger partial charge in [0.2, 0.25) is 0 Å². The number of benzene rings is 3. The molecule has 0 aliphatic heterocycles. The van der Waals surface area contributed by atoms with Crippen LogP contribution in [0.3, 0.4) is 0 Å². The molecule has 4 aromatic rings. The zero-order valence-electron chi connectivity index (χ0n) is 21.2. The molecule has 0 fully saturated rings. The Morgan fingerprint density at radius 3 is 1.97 bits per heavy atom. The van der Waals surface area contributed by atoms with Crippen molar-refractivity contribution in [3.05, 3.63) is 123 Å². The number of thiazole rings is 1. The molecule has 0 radical (unpaired) electrons. The minimum atomic E-state index is -0.977. The van der Waals surface area contributed by atoms with E-state index in [1.54, 1.807) is 5.38 Å². The van der Waals surface area contributed by atoms with Crippen LogP contribution in [0.25, 0.3) is 0 Å². The Kier molecular flexibility index (Phi) is 8.34. The fourth-order valence-corrected chi connectivity index (χ4v) is 5.27. The zero-order chi connectivity index (χ0) is 25.5. The minimum Gasteiger partial charge on any atom is -0.476 e. The van der Waals surface area contributed by atoms with E-state index < -0.39 is 5.97 Å². The number of hydrogen-bond acceptors (Lipinski definition) is 4. The molecule has 4 nitrogen and oxygen atoms in total. The number of carboxylic acids is 1. The van der Waals surface area contributed by atoms with E-state index in [0.717, 1.165) is 24.5 Å². The largest absolute Gasteiger partial charge is 0.476 e. The molecule has 0 amide bonds. The number of rotatable bonds is 10. The van der Waals surface area contributed by atoms with Gasteiger partial charge in [-0.1, -0.05) is 106 Å². The second-order valence-electron chi connectivity index (χ2n) is 10.3. The maximum Gasteiger partial charge on any atom is 0.355 e. The summed E-state index contributed by atoms with van der Waals surface area (Å²) in [6.45, 7) is 8.94. The van der Waals surface area contributed by atoms with Crippen LogP contribution in [-0.4, -0.2) is 27.5 Å². The van der Waals surface area contributed by atoms with Crippen molar-refractivity contribution < 1.29 is 9.90 Å². The molecule has 0 aliphatic carbocycles. The van der Waals surface area contributed by atoms with Gasteiger partial charge >= 0.3 is 5.97 Å². The number of hydrogen-bond donors (Lipinski definition) is 1. The van der Waals surface area contributed by atoms with Crippen LogP contribution in [0.5, 0.6) is 0 Å². The highest BCUT2D eigenvalue weighted by molar-refractivity contribution is 7.09. The number of carboxylic acid groups (broad SMARTS) is 1. The van der Waals surface area contributed by atoms with E-state index in [4.69, 9.17) is 0 Å². The third-order valence-corrected chi connectivity index (χ3v) is 7.33. The lowest BCUT2D eigenvalue weighted by Crippen LogP contribution is -2.25. The Hall–Kier alpha value is -3.28. The van der Waals surface area contributed by atoms with Crippen molar-refractivity contribution in [2.24, 2.45) is 0 Å². The molecule has 0 unspecified atom stereocenters. The Labute approximate surface area is 218 Å². The van der Waals surface area contributed by atoms with E-state index in [2.05, 4.69) is 116 Å². The minimum absolute atomic E-state index is 0.116. The molecule has 1 aromatic heterocycles. The Bertz CT molecular complexity index is 1210. The van der Waals surface area contributed by atoms with Crippen LogP contribution < -0.4 is 0 Å². The monoisotopic (exact) mass is 498 g/mol. The molecule has 0 atom stereocenters. The molecule has 1 N–H and O–H groups in total. The summed E-state index contributed by atoms with van der Waals surface area (Å²) < 4.78 is 0. The average molecular weight is 499 g/mol. The third-order valence-electron chi connectivity index (χ3n) is 6.49. The number of aromatic nitrogens is 1. The molecule has 1 heterocycles. The topological polar surface area (TPSA) is 53.4 Å². The molecule has 0 bridgehead atoms. The Morgan fingerprint density at radius 2 is 1.47 bits per heavy atom. The molecule has 186 valence electrons. The highest BCUT2D eigenvalue weighted by Gasteiger charge is 2.19. The van der Waals surface area contributed by atoms with Gasteiger partial charge in [-0.05, 0) is 40.6 Å². The van der Waals surface area contributed by atoms with Gasteiger partial charge in [-0.3, -0.25) is 4.90 Å². The van der Waals surface area contributed by atoms with E-state index in [9.17, 15) is 9.90 Å². The summed E-state index contributed by atoms with van der Waals surface area (Å²) in [6.07, 6.45) is 0.950. The standard InChI is InChI=1S/C31H34N2O2S/c1-31(2,3)26-16-14-23(15-17-26)20-33(21-29-32-28(22-36-29)30(34)35)19-18-27(24-10-6-4-7-11-24)25-12-8-5-9-13-25/h4-17,22,27H,18-21H2,1-3H3,(H,34,35). The highest BCUT2D eigenvalue weighted by Crippen LogP contribution is 2.29. The lowest BCUT2D eigenvalue weighted by Gasteiger charge is -2.26. The van der Waals surface area contributed by atoms with Gasteiger partial charge in [0, 0.05) is 17.8 Å². The molecular weight excluding hydrogens is 464 g/mol. The average Bonchev–Trinajstić information content (AvgIpc) is 3.34. The lowest BCUT2D eigenvalue weighted by atomic mass is 9.86. The van der Waals surface area contributed by atoms with Gasteiger partial charge in [-0.25, -0.2) is 9.78 Å². The van der Waals surface area contributed by atoms with Crippen molar-refractivity contribution in [3.8, 4) is 0 Å². The van der Waals surface area contributed by atoms with Crippen LogP contribution in [-0.2, 0) is 18.5 Å². The molecule has 0 saturated carbocycles. The molecule has 0 saturated heterocycles.